The fourth-order valence-corrected chi connectivity index (χ4v) is 2.55. The van der Waals surface area contributed by atoms with E-state index in [0.29, 0.717) is 25.9 Å². The van der Waals surface area contributed by atoms with Crippen LogP contribution in [0.3, 0.4) is 0 Å². The van der Waals surface area contributed by atoms with Crippen LogP contribution in [0.4, 0.5) is 23.7 Å². The van der Waals surface area contributed by atoms with E-state index >= 15 is 0 Å². The number of nitrogens with zero attached hydrogens (tertiary/aromatic N) is 1. The number of hydrogen-bond acceptors (Lipinski definition) is 4. The molecular formula is C17H23F3N2O3. The SMILES string of the molecule is CC(C)(C)OC(=O)N1CCC(Nc2ccccc2OC(F)(F)F)CC1. The fraction of sp³-hybridized carbons (Fsp3) is 0.588. The maximum atomic E-state index is 12.5. The lowest BCUT2D eigenvalue weighted by Crippen LogP contribution is -2.44. The van der Waals surface area contributed by atoms with E-state index in [0.717, 1.165) is 0 Å². The van der Waals surface area contributed by atoms with Crippen LogP contribution in [-0.2, 0) is 4.74 Å². The third-order valence-corrected chi connectivity index (χ3v) is 3.62. The van der Waals surface area contributed by atoms with Gasteiger partial charge in [-0.3, -0.25) is 0 Å². The molecule has 140 valence electrons. The number of halogens is 3. The topological polar surface area (TPSA) is 50.8 Å². The molecule has 5 nitrogen and oxygen atoms in total. The van der Waals surface area contributed by atoms with Gasteiger partial charge in [0.05, 0.1) is 5.69 Å². The van der Waals surface area contributed by atoms with Crippen LogP contribution in [0.15, 0.2) is 24.3 Å². The average molecular weight is 360 g/mol. The summed E-state index contributed by atoms with van der Waals surface area (Å²) in [4.78, 5) is 13.6. The second-order valence-electron chi connectivity index (χ2n) is 6.93. The van der Waals surface area contributed by atoms with E-state index in [2.05, 4.69) is 10.1 Å². The summed E-state index contributed by atoms with van der Waals surface area (Å²) in [6.45, 7) is 6.37. The number of carbonyl (C=O) groups is 1. The number of amides is 1. The molecule has 1 N–H and O–H groups in total. The van der Waals surface area contributed by atoms with Crippen molar-refractivity contribution >= 4 is 11.8 Å². The van der Waals surface area contributed by atoms with Crippen molar-refractivity contribution in [1.29, 1.82) is 0 Å². The Labute approximate surface area is 145 Å². The predicted molar refractivity (Wildman–Crippen MR) is 87.6 cm³/mol. The zero-order chi connectivity index (χ0) is 18.7. The minimum absolute atomic E-state index is 0.0447. The summed E-state index contributed by atoms with van der Waals surface area (Å²) >= 11 is 0. The Morgan fingerprint density at radius 2 is 1.76 bits per heavy atom. The van der Waals surface area contributed by atoms with Crippen molar-refractivity contribution in [2.45, 2.75) is 51.6 Å². The summed E-state index contributed by atoms with van der Waals surface area (Å²) in [6, 6.07) is 5.89. The quantitative estimate of drug-likeness (QED) is 0.868. The number of para-hydroxylation sites is 2. The molecule has 0 atom stereocenters. The minimum Gasteiger partial charge on any atom is -0.444 e. The van der Waals surface area contributed by atoms with Crippen LogP contribution in [0, 0.1) is 0 Å². The molecule has 1 aliphatic heterocycles. The maximum Gasteiger partial charge on any atom is 0.573 e. The Kier molecular flexibility index (Phi) is 5.69. The van der Waals surface area contributed by atoms with Gasteiger partial charge in [0, 0.05) is 19.1 Å². The van der Waals surface area contributed by atoms with Crippen LogP contribution >= 0.6 is 0 Å². The van der Waals surface area contributed by atoms with Crippen molar-refractivity contribution < 1.29 is 27.4 Å². The van der Waals surface area contributed by atoms with Gasteiger partial charge in [0.2, 0.25) is 0 Å². The van der Waals surface area contributed by atoms with E-state index < -0.39 is 12.0 Å². The summed E-state index contributed by atoms with van der Waals surface area (Å²) in [5.74, 6) is -0.260. The standard InChI is InChI=1S/C17H23F3N2O3/c1-16(2,3)25-15(23)22-10-8-12(9-11-22)21-13-6-4-5-7-14(13)24-17(18,19)20/h4-7,12,21H,8-11H2,1-3H3. The van der Waals surface area contributed by atoms with E-state index in [-0.39, 0.29) is 23.6 Å². The predicted octanol–water partition coefficient (Wildman–Crippen LogP) is 4.40. The molecule has 8 heteroatoms. The Morgan fingerprint density at radius 1 is 1.16 bits per heavy atom. The monoisotopic (exact) mass is 360 g/mol. The number of rotatable bonds is 3. The van der Waals surface area contributed by atoms with Gasteiger partial charge in [0.1, 0.15) is 5.60 Å². The van der Waals surface area contributed by atoms with Gasteiger partial charge in [-0.1, -0.05) is 12.1 Å². The van der Waals surface area contributed by atoms with Crippen LogP contribution < -0.4 is 10.1 Å². The lowest BCUT2D eigenvalue weighted by atomic mass is 10.0. The van der Waals surface area contributed by atoms with E-state index in [9.17, 15) is 18.0 Å². The van der Waals surface area contributed by atoms with Gasteiger partial charge in [-0.2, -0.15) is 0 Å². The second-order valence-corrected chi connectivity index (χ2v) is 6.93. The van der Waals surface area contributed by atoms with Crippen LogP contribution in [-0.4, -0.2) is 42.1 Å². The van der Waals surface area contributed by atoms with Crippen LogP contribution in [0.5, 0.6) is 5.75 Å². The van der Waals surface area contributed by atoms with Crippen molar-refractivity contribution in [2.75, 3.05) is 18.4 Å². The van der Waals surface area contributed by atoms with E-state index in [1.54, 1.807) is 37.8 Å². The summed E-state index contributed by atoms with van der Waals surface area (Å²) in [5, 5.41) is 3.08. The van der Waals surface area contributed by atoms with Crippen molar-refractivity contribution in [1.82, 2.24) is 4.90 Å². The van der Waals surface area contributed by atoms with Gasteiger partial charge in [0.25, 0.3) is 0 Å². The van der Waals surface area contributed by atoms with Crippen molar-refractivity contribution in [2.24, 2.45) is 0 Å². The molecule has 0 unspecified atom stereocenters. The lowest BCUT2D eigenvalue weighted by molar-refractivity contribution is -0.274. The first-order valence-electron chi connectivity index (χ1n) is 8.13. The number of anilines is 1. The number of carbonyl (C=O) groups excluding carboxylic acids is 1. The first-order valence-corrected chi connectivity index (χ1v) is 8.13. The number of likely N-dealkylation sites (tertiary alicyclic amines) is 1. The van der Waals surface area contributed by atoms with E-state index in [1.807, 2.05) is 0 Å². The molecule has 0 aromatic heterocycles. The molecule has 0 aliphatic carbocycles. The molecule has 25 heavy (non-hydrogen) atoms. The Morgan fingerprint density at radius 3 is 2.32 bits per heavy atom. The third kappa shape index (κ3) is 6.36. The molecule has 0 saturated carbocycles. The summed E-state index contributed by atoms with van der Waals surface area (Å²) in [6.07, 6.45) is -3.89. The highest BCUT2D eigenvalue weighted by molar-refractivity contribution is 5.68. The number of alkyl halides is 3. The van der Waals surface area contributed by atoms with Gasteiger partial charge in [-0.15, -0.1) is 13.2 Å². The van der Waals surface area contributed by atoms with Crippen molar-refractivity contribution in [3.8, 4) is 5.75 Å². The third-order valence-electron chi connectivity index (χ3n) is 3.62. The average Bonchev–Trinajstić information content (AvgIpc) is 2.47. The first kappa shape index (κ1) is 19.2. The van der Waals surface area contributed by atoms with Crippen LogP contribution in [0.2, 0.25) is 0 Å². The van der Waals surface area contributed by atoms with Gasteiger partial charge in [-0.05, 0) is 45.7 Å². The molecular weight excluding hydrogens is 337 g/mol. The van der Waals surface area contributed by atoms with Crippen molar-refractivity contribution in [3.05, 3.63) is 24.3 Å². The summed E-state index contributed by atoms with van der Waals surface area (Å²) in [5.41, 5.74) is -0.268. The van der Waals surface area contributed by atoms with E-state index in [1.165, 1.54) is 12.1 Å². The Bertz CT molecular complexity index is 592. The highest BCUT2D eigenvalue weighted by Gasteiger charge is 2.32. The number of benzene rings is 1. The van der Waals surface area contributed by atoms with Gasteiger partial charge in [0.15, 0.2) is 5.75 Å². The molecule has 1 aliphatic rings. The highest BCUT2D eigenvalue weighted by Crippen LogP contribution is 2.31. The first-order chi connectivity index (χ1) is 11.5. The number of ether oxygens (including phenoxy) is 2. The molecule has 1 aromatic rings. The smallest absolute Gasteiger partial charge is 0.444 e. The normalized spacial score (nSPS) is 16.5. The number of nitrogens with one attached hydrogen (secondary N) is 1. The van der Waals surface area contributed by atoms with Crippen LogP contribution in [0.1, 0.15) is 33.6 Å². The summed E-state index contributed by atoms with van der Waals surface area (Å²) < 4.78 is 46.8. The van der Waals surface area contributed by atoms with Crippen LogP contribution in [0.25, 0.3) is 0 Å². The lowest BCUT2D eigenvalue weighted by Gasteiger charge is -2.34. The second kappa shape index (κ2) is 7.41. The number of hydrogen-bond donors (Lipinski definition) is 1. The van der Waals surface area contributed by atoms with Gasteiger partial charge >= 0.3 is 12.5 Å². The maximum absolute atomic E-state index is 12.5. The zero-order valence-corrected chi connectivity index (χ0v) is 14.5. The summed E-state index contributed by atoms with van der Waals surface area (Å²) in [7, 11) is 0. The highest BCUT2D eigenvalue weighted by atomic mass is 19.4. The molecule has 1 heterocycles. The van der Waals surface area contributed by atoms with Gasteiger partial charge < -0.3 is 19.7 Å². The molecule has 0 radical (unpaired) electrons. The molecule has 1 amide bonds. The largest absolute Gasteiger partial charge is 0.573 e. The molecule has 1 fully saturated rings. The Balaban J connectivity index is 1.91. The molecule has 2 rings (SSSR count). The minimum atomic E-state index is -4.74. The number of piperidine rings is 1. The molecule has 0 spiro atoms. The molecule has 1 aromatic carbocycles. The van der Waals surface area contributed by atoms with E-state index in [4.69, 9.17) is 4.74 Å². The Hall–Kier alpha value is -2.12. The van der Waals surface area contributed by atoms with Crippen molar-refractivity contribution in [3.63, 3.8) is 0 Å². The zero-order valence-electron chi connectivity index (χ0n) is 14.5. The fourth-order valence-electron chi connectivity index (χ4n) is 2.55. The molecule has 1 saturated heterocycles. The van der Waals surface area contributed by atoms with Gasteiger partial charge in [-0.25, -0.2) is 4.79 Å². The molecule has 0 bridgehead atoms.